The summed E-state index contributed by atoms with van der Waals surface area (Å²) in [7, 11) is 0. The smallest absolute Gasteiger partial charge is 0.165 e. The maximum atomic E-state index is 12.7. The highest BCUT2D eigenvalue weighted by Gasteiger charge is 2.26. The highest BCUT2D eigenvalue weighted by molar-refractivity contribution is 6.00. The largest absolute Gasteiger partial charge is 0.297 e. The van der Waals surface area contributed by atoms with E-state index in [1.807, 2.05) is 24.3 Å². The van der Waals surface area contributed by atoms with Crippen molar-refractivity contribution >= 4 is 22.6 Å². The molecule has 1 atom stereocenters. The van der Waals surface area contributed by atoms with Crippen molar-refractivity contribution in [3.05, 3.63) is 59.4 Å². The fraction of sp³-hybridized carbons (Fsp3) is 0.176. The molecule has 2 aromatic carbocycles. The molecule has 0 radical (unpaired) electrons. The Balaban J connectivity index is 1.75. The average Bonchev–Trinajstić information content (AvgIpc) is 3.14. The van der Waals surface area contributed by atoms with Crippen LogP contribution in [-0.4, -0.2) is 26.0 Å². The van der Waals surface area contributed by atoms with Gasteiger partial charge in [0, 0.05) is 0 Å². The zero-order valence-electron chi connectivity index (χ0n) is 12.1. The molecule has 4 rings (SSSR count). The van der Waals surface area contributed by atoms with Crippen LogP contribution in [-0.2, 0) is 11.3 Å². The molecule has 0 bridgehead atoms. The van der Waals surface area contributed by atoms with Crippen LogP contribution in [0.5, 0.6) is 0 Å². The van der Waals surface area contributed by atoms with Crippen LogP contribution in [0.1, 0.15) is 22.9 Å². The topological polar surface area (TPSA) is 60.7 Å². The lowest BCUT2D eigenvalue weighted by atomic mass is 9.91. The van der Waals surface area contributed by atoms with Crippen molar-refractivity contribution in [2.45, 2.75) is 19.4 Å². The Bertz CT molecular complexity index is 910. The molecule has 22 heavy (non-hydrogen) atoms. The van der Waals surface area contributed by atoms with Crippen LogP contribution in [0.3, 0.4) is 0 Å². The molecular formula is C17H14N4O. The van der Waals surface area contributed by atoms with Crippen molar-refractivity contribution < 1.29 is 4.79 Å². The first-order valence-electron chi connectivity index (χ1n) is 7.19. The van der Waals surface area contributed by atoms with Crippen LogP contribution in [0.15, 0.2) is 42.5 Å². The molecular weight excluding hydrogens is 276 g/mol. The number of rotatable bonds is 3. The van der Waals surface area contributed by atoms with E-state index in [2.05, 4.69) is 39.8 Å². The third kappa shape index (κ3) is 1.94. The van der Waals surface area contributed by atoms with Crippen molar-refractivity contribution in [2.75, 3.05) is 0 Å². The van der Waals surface area contributed by atoms with Gasteiger partial charge in [0.1, 0.15) is 12.4 Å². The molecule has 0 saturated carbocycles. The maximum absolute atomic E-state index is 12.7. The highest BCUT2D eigenvalue weighted by atomic mass is 16.1. The van der Waals surface area contributed by atoms with Crippen LogP contribution in [0.2, 0.25) is 0 Å². The molecule has 0 amide bonds. The Hall–Kier alpha value is -2.82. The van der Waals surface area contributed by atoms with Gasteiger partial charge < -0.3 is 0 Å². The van der Waals surface area contributed by atoms with Crippen molar-refractivity contribution in [1.29, 1.82) is 0 Å². The Morgan fingerprint density at radius 3 is 2.91 bits per heavy atom. The lowest BCUT2D eigenvalue weighted by molar-refractivity contribution is -0.120. The summed E-state index contributed by atoms with van der Waals surface area (Å²) in [4.78, 5) is 12.7. The van der Waals surface area contributed by atoms with Crippen LogP contribution in [0, 0.1) is 6.92 Å². The second kappa shape index (κ2) is 4.87. The molecule has 1 heterocycles. The number of Topliss-reactive ketones (excluding diaryl/α,β-unsaturated/α-hetero) is 1. The number of carbonyl (C=O) groups excluding carboxylic acids is 1. The van der Waals surface area contributed by atoms with Gasteiger partial charge in [-0.3, -0.25) is 4.79 Å². The summed E-state index contributed by atoms with van der Waals surface area (Å²) in [5.41, 5.74) is 2.21. The van der Waals surface area contributed by atoms with E-state index in [4.69, 9.17) is 0 Å². The second-order valence-corrected chi connectivity index (χ2v) is 5.48. The molecule has 0 fully saturated rings. The SMILES string of the molecule is Cc1nnnn1CC(=O)C1C=Cc2ccc3ccccc3c21. The number of hydrogen-bond donors (Lipinski definition) is 0. The van der Waals surface area contributed by atoms with Gasteiger partial charge in [-0.15, -0.1) is 5.10 Å². The van der Waals surface area contributed by atoms with Crippen molar-refractivity contribution in [3.63, 3.8) is 0 Å². The third-order valence-corrected chi connectivity index (χ3v) is 4.15. The number of allylic oxidation sites excluding steroid dienone is 1. The second-order valence-electron chi connectivity index (χ2n) is 5.48. The molecule has 3 aromatic rings. The lowest BCUT2D eigenvalue weighted by Crippen LogP contribution is -2.18. The Labute approximate surface area is 127 Å². The number of hydrogen-bond acceptors (Lipinski definition) is 4. The van der Waals surface area contributed by atoms with E-state index in [9.17, 15) is 4.79 Å². The number of tetrazole rings is 1. The summed E-state index contributed by atoms with van der Waals surface area (Å²) in [5.74, 6) is 0.514. The maximum Gasteiger partial charge on any atom is 0.165 e. The van der Waals surface area contributed by atoms with E-state index < -0.39 is 0 Å². The number of fused-ring (bicyclic) bond motifs is 3. The normalized spacial score (nSPS) is 16.1. The number of carbonyl (C=O) groups is 1. The molecule has 1 unspecified atom stereocenters. The van der Waals surface area contributed by atoms with Crippen LogP contribution < -0.4 is 0 Å². The molecule has 5 nitrogen and oxygen atoms in total. The van der Waals surface area contributed by atoms with E-state index in [0.717, 1.165) is 21.9 Å². The van der Waals surface area contributed by atoms with E-state index in [-0.39, 0.29) is 18.2 Å². The number of benzene rings is 2. The van der Waals surface area contributed by atoms with Crippen LogP contribution in [0.25, 0.3) is 16.8 Å². The molecule has 0 N–H and O–H groups in total. The highest BCUT2D eigenvalue weighted by Crippen LogP contribution is 2.36. The van der Waals surface area contributed by atoms with Gasteiger partial charge in [0.25, 0.3) is 0 Å². The van der Waals surface area contributed by atoms with E-state index in [1.165, 1.54) is 0 Å². The molecule has 1 aliphatic carbocycles. The minimum Gasteiger partial charge on any atom is -0.297 e. The first-order chi connectivity index (χ1) is 10.7. The molecule has 1 aliphatic rings. The molecule has 0 aliphatic heterocycles. The Kier molecular flexibility index (Phi) is 2.85. The quantitative estimate of drug-likeness (QED) is 0.743. The number of aryl methyl sites for hydroxylation is 1. The minimum absolute atomic E-state index is 0.0988. The van der Waals surface area contributed by atoms with Gasteiger partial charge >= 0.3 is 0 Å². The van der Waals surface area contributed by atoms with Crippen molar-refractivity contribution in [1.82, 2.24) is 20.2 Å². The standard InChI is InChI=1S/C17H14N4O/c1-11-18-19-20-21(11)10-16(22)15-9-8-13-7-6-12-4-2-3-5-14(12)17(13)15/h2-9,15H,10H2,1H3. The van der Waals surface area contributed by atoms with E-state index in [0.29, 0.717) is 5.82 Å². The first kappa shape index (κ1) is 12.9. The van der Waals surface area contributed by atoms with Crippen LogP contribution >= 0.6 is 0 Å². The molecule has 5 heteroatoms. The Morgan fingerprint density at radius 2 is 2.09 bits per heavy atom. The first-order valence-corrected chi connectivity index (χ1v) is 7.19. The summed E-state index contributed by atoms with van der Waals surface area (Å²) in [6.07, 6.45) is 4.00. The zero-order valence-corrected chi connectivity index (χ0v) is 12.1. The fourth-order valence-corrected chi connectivity index (χ4v) is 3.01. The van der Waals surface area contributed by atoms with Gasteiger partial charge in [-0.05, 0) is 39.2 Å². The fourth-order valence-electron chi connectivity index (χ4n) is 3.01. The van der Waals surface area contributed by atoms with Gasteiger partial charge in [-0.25, -0.2) is 4.68 Å². The van der Waals surface area contributed by atoms with E-state index in [1.54, 1.807) is 11.6 Å². The number of ketones is 1. The predicted octanol–water partition coefficient (Wildman–Crippen LogP) is 2.51. The summed E-state index contributed by atoms with van der Waals surface area (Å²) in [5, 5.41) is 13.6. The van der Waals surface area contributed by atoms with Gasteiger partial charge in [-0.2, -0.15) is 0 Å². The zero-order chi connectivity index (χ0) is 15.1. The molecule has 0 saturated heterocycles. The minimum atomic E-state index is -0.232. The number of nitrogens with zero attached hydrogens (tertiary/aromatic N) is 4. The van der Waals surface area contributed by atoms with Gasteiger partial charge in [0.15, 0.2) is 5.78 Å². The summed E-state index contributed by atoms with van der Waals surface area (Å²) in [6, 6.07) is 12.3. The number of aromatic nitrogens is 4. The molecule has 108 valence electrons. The molecule has 1 aromatic heterocycles. The molecule has 0 spiro atoms. The van der Waals surface area contributed by atoms with E-state index >= 15 is 0 Å². The third-order valence-electron chi connectivity index (χ3n) is 4.15. The average molecular weight is 290 g/mol. The lowest BCUT2D eigenvalue weighted by Gasteiger charge is -2.13. The van der Waals surface area contributed by atoms with Crippen LogP contribution in [0.4, 0.5) is 0 Å². The van der Waals surface area contributed by atoms with Crippen molar-refractivity contribution in [3.8, 4) is 0 Å². The summed E-state index contributed by atoms with van der Waals surface area (Å²) >= 11 is 0. The Morgan fingerprint density at radius 1 is 1.23 bits per heavy atom. The monoisotopic (exact) mass is 290 g/mol. The van der Waals surface area contributed by atoms with Crippen molar-refractivity contribution in [2.24, 2.45) is 0 Å². The predicted molar refractivity (Wildman–Crippen MR) is 83.3 cm³/mol. The summed E-state index contributed by atoms with van der Waals surface area (Å²) < 4.78 is 1.54. The van der Waals surface area contributed by atoms with Gasteiger partial charge in [-0.1, -0.05) is 48.6 Å². The van der Waals surface area contributed by atoms with Gasteiger partial charge in [0.05, 0.1) is 5.92 Å². The summed E-state index contributed by atoms with van der Waals surface area (Å²) in [6.45, 7) is 1.98. The van der Waals surface area contributed by atoms with Gasteiger partial charge in [0.2, 0.25) is 0 Å².